The van der Waals surface area contributed by atoms with Crippen LogP contribution < -0.4 is 10.2 Å². The van der Waals surface area contributed by atoms with Crippen LogP contribution in [0.5, 0.6) is 0 Å². The van der Waals surface area contributed by atoms with Gasteiger partial charge in [-0.2, -0.15) is 0 Å². The number of hydrogen-bond acceptors (Lipinski definition) is 2. The molecular formula is C14H23FN2. The van der Waals surface area contributed by atoms with Gasteiger partial charge in [0.1, 0.15) is 5.82 Å². The minimum Gasteiger partial charge on any atom is -0.374 e. The molecule has 96 valence electrons. The van der Waals surface area contributed by atoms with Crippen molar-refractivity contribution in [3.63, 3.8) is 0 Å². The molecule has 0 radical (unpaired) electrons. The maximum atomic E-state index is 13.1. The molecule has 0 saturated carbocycles. The van der Waals surface area contributed by atoms with Gasteiger partial charge in [0.25, 0.3) is 0 Å². The SMILES string of the molecule is CCCNCC(C)CN(C)c1cccc(F)c1. The predicted molar refractivity (Wildman–Crippen MR) is 72.0 cm³/mol. The molecule has 1 aromatic rings. The zero-order chi connectivity index (χ0) is 12.7. The molecule has 0 aliphatic carbocycles. The highest BCUT2D eigenvalue weighted by atomic mass is 19.1. The molecule has 0 spiro atoms. The average molecular weight is 238 g/mol. The van der Waals surface area contributed by atoms with Crippen molar-refractivity contribution in [3.05, 3.63) is 30.1 Å². The summed E-state index contributed by atoms with van der Waals surface area (Å²) in [6, 6.07) is 6.74. The van der Waals surface area contributed by atoms with Crippen LogP contribution in [0.25, 0.3) is 0 Å². The molecule has 17 heavy (non-hydrogen) atoms. The summed E-state index contributed by atoms with van der Waals surface area (Å²) >= 11 is 0. The second-order valence-corrected chi connectivity index (χ2v) is 4.67. The van der Waals surface area contributed by atoms with Crippen LogP contribution in [0.2, 0.25) is 0 Å². The van der Waals surface area contributed by atoms with Crippen molar-refractivity contribution >= 4 is 5.69 Å². The van der Waals surface area contributed by atoms with Gasteiger partial charge in [-0.1, -0.05) is 19.9 Å². The largest absolute Gasteiger partial charge is 0.374 e. The number of hydrogen-bond donors (Lipinski definition) is 1. The van der Waals surface area contributed by atoms with Crippen LogP contribution in [0.4, 0.5) is 10.1 Å². The lowest BCUT2D eigenvalue weighted by Gasteiger charge is -2.23. The van der Waals surface area contributed by atoms with E-state index in [1.165, 1.54) is 6.07 Å². The number of nitrogens with zero attached hydrogens (tertiary/aromatic N) is 1. The lowest BCUT2D eigenvalue weighted by Crippen LogP contribution is -2.31. The van der Waals surface area contributed by atoms with Crippen LogP contribution in [-0.4, -0.2) is 26.7 Å². The second kappa shape index (κ2) is 7.28. The first kappa shape index (κ1) is 14.0. The van der Waals surface area contributed by atoms with Crippen molar-refractivity contribution in [1.29, 1.82) is 0 Å². The first-order valence-corrected chi connectivity index (χ1v) is 6.31. The molecule has 2 nitrogen and oxygen atoms in total. The first-order valence-electron chi connectivity index (χ1n) is 6.31. The Balaban J connectivity index is 2.40. The van der Waals surface area contributed by atoms with Gasteiger partial charge in [-0.15, -0.1) is 0 Å². The van der Waals surface area contributed by atoms with Crippen LogP contribution in [0.3, 0.4) is 0 Å². The lowest BCUT2D eigenvalue weighted by atomic mass is 10.1. The Bertz CT molecular complexity index is 328. The predicted octanol–water partition coefficient (Wildman–Crippen LogP) is 2.90. The van der Waals surface area contributed by atoms with E-state index in [0.717, 1.165) is 31.7 Å². The topological polar surface area (TPSA) is 15.3 Å². The van der Waals surface area contributed by atoms with Gasteiger partial charge in [0.2, 0.25) is 0 Å². The Morgan fingerprint density at radius 1 is 1.41 bits per heavy atom. The van der Waals surface area contributed by atoms with Crippen molar-refractivity contribution in [3.8, 4) is 0 Å². The van der Waals surface area contributed by atoms with E-state index in [0.29, 0.717) is 5.92 Å². The Morgan fingerprint density at radius 3 is 2.82 bits per heavy atom. The van der Waals surface area contributed by atoms with Crippen LogP contribution in [-0.2, 0) is 0 Å². The van der Waals surface area contributed by atoms with E-state index in [1.807, 2.05) is 13.1 Å². The summed E-state index contributed by atoms with van der Waals surface area (Å²) in [7, 11) is 2.01. The highest BCUT2D eigenvalue weighted by Gasteiger charge is 2.07. The normalized spacial score (nSPS) is 12.5. The fourth-order valence-corrected chi connectivity index (χ4v) is 1.88. The van der Waals surface area contributed by atoms with Gasteiger partial charge >= 0.3 is 0 Å². The van der Waals surface area contributed by atoms with Crippen molar-refractivity contribution in [2.45, 2.75) is 20.3 Å². The smallest absolute Gasteiger partial charge is 0.125 e. The molecule has 1 atom stereocenters. The van der Waals surface area contributed by atoms with Crippen LogP contribution in [0.1, 0.15) is 20.3 Å². The fraction of sp³-hybridized carbons (Fsp3) is 0.571. The Morgan fingerprint density at radius 2 is 2.18 bits per heavy atom. The molecule has 1 rings (SSSR count). The maximum absolute atomic E-state index is 13.1. The van der Waals surface area contributed by atoms with E-state index in [4.69, 9.17) is 0 Å². The van der Waals surface area contributed by atoms with Crippen molar-refractivity contribution in [1.82, 2.24) is 5.32 Å². The molecule has 1 unspecified atom stereocenters. The fourth-order valence-electron chi connectivity index (χ4n) is 1.88. The highest BCUT2D eigenvalue weighted by molar-refractivity contribution is 5.45. The van der Waals surface area contributed by atoms with Crippen molar-refractivity contribution < 1.29 is 4.39 Å². The van der Waals surface area contributed by atoms with E-state index < -0.39 is 0 Å². The summed E-state index contributed by atoms with van der Waals surface area (Å²) in [5.41, 5.74) is 0.937. The molecule has 0 saturated heterocycles. The first-order chi connectivity index (χ1) is 8.13. The molecule has 3 heteroatoms. The van der Waals surface area contributed by atoms with Crippen LogP contribution >= 0.6 is 0 Å². The Kier molecular flexibility index (Phi) is 5.98. The summed E-state index contributed by atoms with van der Waals surface area (Å²) in [5.74, 6) is 0.376. The highest BCUT2D eigenvalue weighted by Crippen LogP contribution is 2.14. The number of rotatable bonds is 7. The summed E-state index contributed by atoms with van der Waals surface area (Å²) in [5, 5.41) is 3.40. The standard InChI is InChI=1S/C14H23FN2/c1-4-8-16-10-12(2)11-17(3)14-7-5-6-13(15)9-14/h5-7,9,12,16H,4,8,10-11H2,1-3H3. The van der Waals surface area contributed by atoms with Gasteiger partial charge in [0.05, 0.1) is 0 Å². The van der Waals surface area contributed by atoms with E-state index in [-0.39, 0.29) is 5.82 Å². The second-order valence-electron chi connectivity index (χ2n) is 4.67. The van der Waals surface area contributed by atoms with E-state index in [1.54, 1.807) is 12.1 Å². The zero-order valence-electron chi connectivity index (χ0n) is 11.0. The molecule has 0 amide bonds. The quantitative estimate of drug-likeness (QED) is 0.735. The van der Waals surface area contributed by atoms with E-state index in [2.05, 4.69) is 24.1 Å². The summed E-state index contributed by atoms with van der Waals surface area (Å²) < 4.78 is 13.1. The molecule has 1 aromatic carbocycles. The number of benzene rings is 1. The monoisotopic (exact) mass is 238 g/mol. The van der Waals surface area contributed by atoms with E-state index in [9.17, 15) is 4.39 Å². The molecule has 0 bridgehead atoms. The third-order valence-corrected chi connectivity index (χ3v) is 2.75. The van der Waals surface area contributed by atoms with Crippen molar-refractivity contribution in [2.24, 2.45) is 5.92 Å². The summed E-state index contributed by atoms with van der Waals surface area (Å²) in [6.45, 7) is 7.37. The van der Waals surface area contributed by atoms with Crippen LogP contribution in [0.15, 0.2) is 24.3 Å². The Labute approximate surface area is 104 Å². The summed E-state index contributed by atoms with van der Waals surface area (Å²) in [6.07, 6.45) is 1.16. The van der Waals surface area contributed by atoms with Gasteiger partial charge in [0, 0.05) is 19.3 Å². The zero-order valence-corrected chi connectivity index (χ0v) is 11.0. The molecule has 0 fully saturated rings. The van der Waals surface area contributed by atoms with Crippen LogP contribution in [0, 0.1) is 11.7 Å². The minimum atomic E-state index is -0.175. The van der Waals surface area contributed by atoms with Gasteiger partial charge in [-0.25, -0.2) is 4.39 Å². The van der Waals surface area contributed by atoms with Gasteiger partial charge in [-0.3, -0.25) is 0 Å². The molecular weight excluding hydrogens is 215 g/mol. The van der Waals surface area contributed by atoms with Gasteiger partial charge in [-0.05, 0) is 43.6 Å². The number of halogens is 1. The average Bonchev–Trinajstić information content (AvgIpc) is 2.29. The lowest BCUT2D eigenvalue weighted by molar-refractivity contribution is 0.512. The molecule has 0 aliphatic rings. The minimum absolute atomic E-state index is 0.175. The van der Waals surface area contributed by atoms with Crippen molar-refractivity contribution in [2.75, 3.05) is 31.6 Å². The molecule has 0 aromatic heterocycles. The molecule has 0 heterocycles. The third-order valence-electron chi connectivity index (χ3n) is 2.75. The number of nitrogens with one attached hydrogen (secondary N) is 1. The number of anilines is 1. The maximum Gasteiger partial charge on any atom is 0.125 e. The molecule has 1 N–H and O–H groups in total. The van der Waals surface area contributed by atoms with Gasteiger partial charge in [0.15, 0.2) is 0 Å². The Hall–Kier alpha value is -1.09. The summed E-state index contributed by atoms with van der Waals surface area (Å²) in [4.78, 5) is 2.10. The molecule has 0 aliphatic heterocycles. The van der Waals surface area contributed by atoms with E-state index >= 15 is 0 Å². The van der Waals surface area contributed by atoms with Gasteiger partial charge < -0.3 is 10.2 Å². The third kappa shape index (κ3) is 5.18.